The minimum atomic E-state index is 0.255. The smallest absolute Gasteiger partial charge is 0.147 e. The normalized spacial score (nSPS) is 16.0. The summed E-state index contributed by atoms with van der Waals surface area (Å²) in [6, 6.07) is 8.22. The average molecular weight is 308 g/mol. The Bertz CT molecular complexity index is 788. The molecule has 0 unspecified atom stereocenters. The number of aryl methyl sites for hydroxylation is 1. The minimum Gasteiger partial charge on any atom is -0.490 e. The molecule has 3 aromatic rings. The summed E-state index contributed by atoms with van der Waals surface area (Å²) in [6.07, 6.45) is 7.88. The van der Waals surface area contributed by atoms with Gasteiger partial charge in [-0.15, -0.1) is 0 Å². The number of aromatic nitrogens is 3. The third kappa shape index (κ3) is 2.86. The molecule has 0 bridgehead atoms. The lowest BCUT2D eigenvalue weighted by Crippen LogP contribution is -2.38. The van der Waals surface area contributed by atoms with Gasteiger partial charge in [0, 0.05) is 43.0 Å². The highest BCUT2D eigenvalue weighted by Gasteiger charge is 2.22. The first kappa shape index (κ1) is 14.1. The van der Waals surface area contributed by atoms with E-state index in [9.17, 15) is 0 Å². The summed E-state index contributed by atoms with van der Waals surface area (Å²) in [5.74, 6) is 1.93. The third-order valence-corrected chi connectivity index (χ3v) is 4.38. The fraction of sp³-hybridized carbons (Fsp3) is 0.333. The Morgan fingerprint density at radius 2 is 2.00 bits per heavy atom. The van der Waals surface area contributed by atoms with Crippen molar-refractivity contribution in [1.82, 2.24) is 15.0 Å². The molecule has 3 heterocycles. The molecular weight excluding hydrogens is 288 g/mol. The summed E-state index contributed by atoms with van der Waals surface area (Å²) in [5, 5.41) is 1.15. The van der Waals surface area contributed by atoms with Crippen LogP contribution in [0.4, 0.5) is 5.82 Å². The van der Waals surface area contributed by atoms with Crippen molar-refractivity contribution in [3.63, 3.8) is 0 Å². The molecule has 0 aliphatic carbocycles. The number of aromatic amines is 1. The fourth-order valence-corrected chi connectivity index (χ4v) is 3.09. The van der Waals surface area contributed by atoms with Gasteiger partial charge in [0.1, 0.15) is 17.7 Å². The van der Waals surface area contributed by atoms with E-state index in [-0.39, 0.29) is 6.10 Å². The van der Waals surface area contributed by atoms with Crippen molar-refractivity contribution in [2.24, 2.45) is 0 Å². The van der Waals surface area contributed by atoms with Gasteiger partial charge in [-0.2, -0.15) is 0 Å². The second-order valence-corrected chi connectivity index (χ2v) is 6.02. The first-order chi connectivity index (χ1) is 11.3. The van der Waals surface area contributed by atoms with Gasteiger partial charge in [-0.25, -0.2) is 4.98 Å². The van der Waals surface area contributed by atoms with Gasteiger partial charge in [0.15, 0.2) is 0 Å². The maximum atomic E-state index is 6.25. The summed E-state index contributed by atoms with van der Waals surface area (Å²) in [5.41, 5.74) is 2.07. The van der Waals surface area contributed by atoms with Crippen LogP contribution in [-0.2, 0) is 0 Å². The van der Waals surface area contributed by atoms with Crippen molar-refractivity contribution in [3.05, 3.63) is 48.5 Å². The molecule has 0 atom stereocenters. The first-order valence-corrected chi connectivity index (χ1v) is 8.06. The molecule has 0 spiro atoms. The molecule has 1 fully saturated rings. The quantitative estimate of drug-likeness (QED) is 0.806. The van der Waals surface area contributed by atoms with Gasteiger partial charge < -0.3 is 14.6 Å². The van der Waals surface area contributed by atoms with Gasteiger partial charge in [-0.05, 0) is 25.1 Å². The van der Waals surface area contributed by atoms with Gasteiger partial charge in [0.05, 0.1) is 18.1 Å². The second-order valence-electron chi connectivity index (χ2n) is 6.02. The Balaban J connectivity index is 1.42. The van der Waals surface area contributed by atoms with Crippen LogP contribution in [0.5, 0.6) is 5.75 Å². The zero-order valence-electron chi connectivity index (χ0n) is 13.2. The molecule has 1 aliphatic rings. The lowest BCUT2D eigenvalue weighted by atomic mass is 10.1. The molecule has 1 N–H and O–H groups in total. The highest BCUT2D eigenvalue weighted by molar-refractivity contribution is 5.85. The van der Waals surface area contributed by atoms with Crippen LogP contribution in [0.25, 0.3) is 10.9 Å². The predicted octanol–water partition coefficient (Wildman–Crippen LogP) is 3.31. The van der Waals surface area contributed by atoms with E-state index in [1.165, 1.54) is 0 Å². The summed E-state index contributed by atoms with van der Waals surface area (Å²) in [4.78, 5) is 14.3. The maximum absolute atomic E-state index is 6.25. The number of anilines is 1. The van der Waals surface area contributed by atoms with Gasteiger partial charge in [0.2, 0.25) is 0 Å². The number of nitrogens with zero attached hydrogens (tertiary/aromatic N) is 3. The van der Waals surface area contributed by atoms with E-state index < -0.39 is 0 Å². The molecule has 1 aliphatic heterocycles. The third-order valence-electron chi connectivity index (χ3n) is 4.38. The van der Waals surface area contributed by atoms with Crippen molar-refractivity contribution in [2.45, 2.75) is 25.9 Å². The van der Waals surface area contributed by atoms with Crippen LogP contribution >= 0.6 is 0 Å². The summed E-state index contributed by atoms with van der Waals surface area (Å²) < 4.78 is 6.25. The SMILES string of the molecule is Cc1cnc(N2CCC(Oc3cccc4[nH]ccc34)CC2)cn1. The fourth-order valence-electron chi connectivity index (χ4n) is 3.09. The van der Waals surface area contributed by atoms with Crippen LogP contribution < -0.4 is 9.64 Å². The molecule has 1 saturated heterocycles. The van der Waals surface area contributed by atoms with E-state index in [1.54, 1.807) is 0 Å². The zero-order chi connectivity index (χ0) is 15.6. The highest BCUT2D eigenvalue weighted by Crippen LogP contribution is 2.28. The molecule has 5 heteroatoms. The van der Waals surface area contributed by atoms with Gasteiger partial charge in [-0.1, -0.05) is 6.07 Å². The van der Waals surface area contributed by atoms with Crippen LogP contribution in [0.15, 0.2) is 42.9 Å². The lowest BCUT2D eigenvalue weighted by Gasteiger charge is -2.32. The molecule has 5 nitrogen and oxygen atoms in total. The second kappa shape index (κ2) is 5.91. The molecule has 23 heavy (non-hydrogen) atoms. The Labute approximate surface area is 135 Å². The van der Waals surface area contributed by atoms with E-state index in [4.69, 9.17) is 4.74 Å². The summed E-state index contributed by atoms with van der Waals surface area (Å²) in [6.45, 7) is 3.86. The first-order valence-electron chi connectivity index (χ1n) is 8.06. The number of nitrogens with one attached hydrogen (secondary N) is 1. The Hall–Kier alpha value is -2.56. The molecule has 0 saturated carbocycles. The number of piperidine rings is 1. The Morgan fingerprint density at radius 3 is 2.78 bits per heavy atom. The van der Waals surface area contributed by atoms with E-state index in [1.807, 2.05) is 37.6 Å². The molecule has 4 rings (SSSR count). The Morgan fingerprint density at radius 1 is 1.13 bits per heavy atom. The predicted molar refractivity (Wildman–Crippen MR) is 90.9 cm³/mol. The van der Waals surface area contributed by atoms with Crippen LogP contribution in [0, 0.1) is 6.92 Å². The monoisotopic (exact) mass is 308 g/mol. The van der Waals surface area contributed by atoms with E-state index >= 15 is 0 Å². The van der Waals surface area contributed by atoms with Crippen LogP contribution in [0.3, 0.4) is 0 Å². The molecule has 2 aromatic heterocycles. The molecule has 0 radical (unpaired) electrons. The largest absolute Gasteiger partial charge is 0.490 e. The van der Waals surface area contributed by atoms with E-state index in [2.05, 4.69) is 32.0 Å². The summed E-state index contributed by atoms with van der Waals surface area (Å²) in [7, 11) is 0. The number of rotatable bonds is 3. The van der Waals surface area contributed by atoms with Crippen molar-refractivity contribution in [2.75, 3.05) is 18.0 Å². The van der Waals surface area contributed by atoms with Crippen molar-refractivity contribution < 1.29 is 4.74 Å². The van der Waals surface area contributed by atoms with Crippen molar-refractivity contribution in [3.8, 4) is 5.75 Å². The van der Waals surface area contributed by atoms with Crippen molar-refractivity contribution >= 4 is 16.7 Å². The number of hydrogen-bond donors (Lipinski definition) is 1. The molecule has 1 aromatic carbocycles. The van der Waals surface area contributed by atoms with Gasteiger partial charge in [-0.3, -0.25) is 4.98 Å². The number of benzene rings is 1. The maximum Gasteiger partial charge on any atom is 0.147 e. The molecular formula is C18H20N4O. The topological polar surface area (TPSA) is 54.0 Å². The molecule has 118 valence electrons. The number of fused-ring (bicyclic) bond motifs is 1. The van der Waals surface area contributed by atoms with E-state index in [0.717, 1.165) is 54.1 Å². The molecule has 0 amide bonds. The zero-order valence-corrected chi connectivity index (χ0v) is 13.2. The summed E-state index contributed by atoms with van der Waals surface area (Å²) >= 11 is 0. The van der Waals surface area contributed by atoms with Crippen LogP contribution in [0.1, 0.15) is 18.5 Å². The average Bonchev–Trinajstić information content (AvgIpc) is 3.06. The van der Waals surface area contributed by atoms with Crippen molar-refractivity contribution in [1.29, 1.82) is 0 Å². The number of ether oxygens (including phenoxy) is 1. The minimum absolute atomic E-state index is 0.255. The van der Waals surface area contributed by atoms with Gasteiger partial charge in [0.25, 0.3) is 0 Å². The Kier molecular flexibility index (Phi) is 3.61. The number of H-pyrrole nitrogens is 1. The number of hydrogen-bond acceptors (Lipinski definition) is 4. The lowest BCUT2D eigenvalue weighted by molar-refractivity contribution is 0.173. The standard InChI is InChI=1S/C18H20N4O/c1-13-11-21-18(12-20-13)22-9-6-14(7-10-22)23-17-4-2-3-16-15(17)5-8-19-16/h2-5,8,11-12,14,19H,6-7,9-10H2,1H3. The van der Waals surface area contributed by atoms with Crippen LogP contribution in [-0.4, -0.2) is 34.1 Å². The van der Waals surface area contributed by atoms with Crippen LogP contribution in [0.2, 0.25) is 0 Å². The van der Waals surface area contributed by atoms with E-state index in [0.29, 0.717) is 0 Å². The van der Waals surface area contributed by atoms with Gasteiger partial charge >= 0.3 is 0 Å². The highest BCUT2D eigenvalue weighted by atomic mass is 16.5.